The van der Waals surface area contributed by atoms with Gasteiger partial charge in [0.05, 0.1) is 0 Å². The summed E-state index contributed by atoms with van der Waals surface area (Å²) in [6, 6.07) is 4.45. The Morgan fingerprint density at radius 3 is 2.67 bits per heavy atom. The van der Waals surface area contributed by atoms with E-state index in [-0.39, 0.29) is 0 Å². The minimum absolute atomic E-state index is 0.981. The summed E-state index contributed by atoms with van der Waals surface area (Å²) >= 11 is 0. The van der Waals surface area contributed by atoms with Gasteiger partial charge in [0.25, 0.3) is 0 Å². The smallest absolute Gasteiger partial charge is 0.0128 e. The molecule has 62 valence electrons. The number of hydrogen-bond acceptors (Lipinski definition) is 0. The van der Waals surface area contributed by atoms with Gasteiger partial charge in [-0.25, -0.2) is 0 Å². The molecule has 1 aliphatic heterocycles. The van der Waals surface area contributed by atoms with E-state index in [1.807, 2.05) is 0 Å². The van der Waals surface area contributed by atoms with Crippen molar-refractivity contribution in [3.05, 3.63) is 34.9 Å². The van der Waals surface area contributed by atoms with Crippen molar-refractivity contribution in [2.45, 2.75) is 13.8 Å². The molecule has 12 heavy (non-hydrogen) atoms. The average Bonchev–Trinajstić information content (AvgIpc) is 2.12. The number of fused-ring (bicyclic) bond motifs is 1. The van der Waals surface area contributed by atoms with Crippen LogP contribution in [0.5, 0.6) is 0 Å². The van der Waals surface area contributed by atoms with Crippen LogP contribution >= 0.6 is 8.58 Å². The molecule has 1 aromatic carbocycles. The van der Waals surface area contributed by atoms with Gasteiger partial charge in [-0.1, -0.05) is 32.9 Å². The molecule has 0 saturated heterocycles. The molecular formula is C11H13P. The van der Waals surface area contributed by atoms with Crippen molar-refractivity contribution in [3.63, 3.8) is 0 Å². The van der Waals surface area contributed by atoms with E-state index in [9.17, 15) is 0 Å². The van der Waals surface area contributed by atoms with Gasteiger partial charge < -0.3 is 0 Å². The standard InChI is InChI=1S/C11H13P/c1-8-5-6-9(2)11-10(8)4-3-7-12-11/h3-6,12H,7H2,1-2H3. The molecule has 0 amide bonds. The molecule has 0 saturated carbocycles. The molecule has 1 atom stereocenters. The second-order valence-corrected chi connectivity index (χ2v) is 4.53. The summed E-state index contributed by atoms with van der Waals surface area (Å²) < 4.78 is 0. The zero-order chi connectivity index (χ0) is 8.55. The Morgan fingerprint density at radius 1 is 1.17 bits per heavy atom. The lowest BCUT2D eigenvalue weighted by Crippen LogP contribution is -2.10. The second-order valence-electron chi connectivity index (χ2n) is 3.27. The highest BCUT2D eigenvalue weighted by atomic mass is 31.1. The SMILES string of the molecule is Cc1ccc(C)c2c1C=CCP2. The maximum Gasteiger partial charge on any atom is -0.0128 e. The maximum atomic E-state index is 2.28. The van der Waals surface area contributed by atoms with E-state index in [0.29, 0.717) is 0 Å². The first-order valence-electron chi connectivity index (χ1n) is 4.29. The van der Waals surface area contributed by atoms with Crippen LogP contribution in [0.4, 0.5) is 0 Å². The van der Waals surface area contributed by atoms with Crippen LogP contribution in [0.2, 0.25) is 0 Å². The number of allylic oxidation sites excluding steroid dienone is 1. The van der Waals surface area contributed by atoms with Crippen LogP contribution in [-0.4, -0.2) is 6.16 Å². The zero-order valence-corrected chi connectivity index (χ0v) is 8.52. The Hall–Kier alpha value is -0.610. The van der Waals surface area contributed by atoms with Gasteiger partial charge in [-0.3, -0.25) is 0 Å². The van der Waals surface area contributed by atoms with Gasteiger partial charge in [0, 0.05) is 0 Å². The lowest BCUT2D eigenvalue weighted by atomic mass is 10.0. The average molecular weight is 176 g/mol. The van der Waals surface area contributed by atoms with Crippen molar-refractivity contribution in [2.75, 3.05) is 6.16 Å². The molecule has 0 spiro atoms. The summed E-state index contributed by atoms with van der Waals surface area (Å²) in [5.41, 5.74) is 4.34. The number of rotatable bonds is 0. The number of benzene rings is 1. The number of aryl methyl sites for hydroxylation is 2. The predicted octanol–water partition coefficient (Wildman–Crippen LogP) is 2.63. The van der Waals surface area contributed by atoms with Crippen molar-refractivity contribution >= 4 is 20.0 Å². The minimum Gasteiger partial charge on any atom is -0.0856 e. The van der Waals surface area contributed by atoms with Crippen LogP contribution in [0.1, 0.15) is 16.7 Å². The Morgan fingerprint density at radius 2 is 1.92 bits per heavy atom. The van der Waals surface area contributed by atoms with Crippen molar-refractivity contribution in [1.29, 1.82) is 0 Å². The second kappa shape index (κ2) is 3.03. The molecule has 1 aliphatic rings. The summed E-state index contributed by atoms with van der Waals surface area (Å²) in [6.45, 7) is 4.41. The van der Waals surface area contributed by atoms with E-state index in [4.69, 9.17) is 0 Å². The monoisotopic (exact) mass is 176 g/mol. The molecule has 0 fully saturated rings. The molecule has 0 radical (unpaired) electrons. The lowest BCUT2D eigenvalue weighted by Gasteiger charge is -2.15. The Balaban J connectivity index is 2.67. The molecule has 0 aromatic heterocycles. The van der Waals surface area contributed by atoms with E-state index in [0.717, 1.165) is 8.58 Å². The first kappa shape index (κ1) is 8.01. The highest BCUT2D eigenvalue weighted by molar-refractivity contribution is 7.47. The van der Waals surface area contributed by atoms with Crippen molar-refractivity contribution in [3.8, 4) is 0 Å². The third-order valence-electron chi connectivity index (χ3n) is 2.35. The molecule has 0 aliphatic carbocycles. The summed E-state index contributed by atoms with van der Waals surface area (Å²) in [5.74, 6) is 0. The fourth-order valence-electron chi connectivity index (χ4n) is 1.62. The van der Waals surface area contributed by atoms with E-state index < -0.39 is 0 Å². The topological polar surface area (TPSA) is 0 Å². The van der Waals surface area contributed by atoms with E-state index in [2.05, 4.69) is 38.1 Å². The molecule has 1 heteroatoms. The van der Waals surface area contributed by atoms with Gasteiger partial charge in [0.2, 0.25) is 0 Å². The molecule has 0 nitrogen and oxygen atoms in total. The highest BCUT2D eigenvalue weighted by Crippen LogP contribution is 2.24. The molecule has 1 unspecified atom stereocenters. The Bertz CT molecular complexity index is 337. The van der Waals surface area contributed by atoms with E-state index in [1.165, 1.54) is 22.9 Å². The third-order valence-corrected chi connectivity index (χ3v) is 3.81. The summed E-state index contributed by atoms with van der Waals surface area (Å²) in [4.78, 5) is 0. The minimum atomic E-state index is 0.981. The summed E-state index contributed by atoms with van der Waals surface area (Å²) in [6.07, 6.45) is 5.79. The largest absolute Gasteiger partial charge is 0.0856 e. The van der Waals surface area contributed by atoms with Crippen LogP contribution in [0, 0.1) is 13.8 Å². The zero-order valence-electron chi connectivity index (χ0n) is 7.52. The van der Waals surface area contributed by atoms with Crippen molar-refractivity contribution in [1.82, 2.24) is 0 Å². The summed E-state index contributed by atoms with van der Waals surface area (Å²) in [5, 5.41) is 1.58. The van der Waals surface area contributed by atoms with Crippen LogP contribution < -0.4 is 5.30 Å². The van der Waals surface area contributed by atoms with E-state index >= 15 is 0 Å². The van der Waals surface area contributed by atoms with Crippen LogP contribution in [0.25, 0.3) is 6.08 Å². The van der Waals surface area contributed by atoms with Gasteiger partial charge in [0.15, 0.2) is 0 Å². The molecule has 1 aromatic rings. The highest BCUT2D eigenvalue weighted by Gasteiger charge is 2.08. The van der Waals surface area contributed by atoms with Gasteiger partial charge in [-0.05, 0) is 42.0 Å². The van der Waals surface area contributed by atoms with Crippen LogP contribution in [0.3, 0.4) is 0 Å². The summed E-state index contributed by atoms with van der Waals surface area (Å²) in [7, 11) is 0.981. The number of hydrogen-bond donors (Lipinski definition) is 0. The quantitative estimate of drug-likeness (QED) is 0.533. The lowest BCUT2D eigenvalue weighted by molar-refractivity contribution is 1.40. The normalized spacial score (nSPS) is 16.5. The fourth-order valence-corrected chi connectivity index (χ4v) is 2.89. The molecular weight excluding hydrogens is 163 g/mol. The van der Waals surface area contributed by atoms with Crippen molar-refractivity contribution in [2.24, 2.45) is 0 Å². The van der Waals surface area contributed by atoms with Gasteiger partial charge in [0.1, 0.15) is 0 Å². The van der Waals surface area contributed by atoms with Gasteiger partial charge >= 0.3 is 0 Å². The van der Waals surface area contributed by atoms with Gasteiger partial charge in [-0.2, -0.15) is 0 Å². The predicted molar refractivity (Wildman–Crippen MR) is 57.8 cm³/mol. The first-order valence-corrected chi connectivity index (χ1v) is 5.50. The fraction of sp³-hybridized carbons (Fsp3) is 0.273. The van der Waals surface area contributed by atoms with Crippen molar-refractivity contribution < 1.29 is 0 Å². The molecule has 1 heterocycles. The first-order chi connectivity index (χ1) is 5.79. The van der Waals surface area contributed by atoms with Crippen LogP contribution in [-0.2, 0) is 0 Å². The van der Waals surface area contributed by atoms with Crippen LogP contribution in [0.15, 0.2) is 18.2 Å². The molecule has 2 rings (SSSR count). The molecule has 0 N–H and O–H groups in total. The third kappa shape index (κ3) is 1.21. The molecule has 0 bridgehead atoms. The maximum absolute atomic E-state index is 2.28. The Labute approximate surface area is 75.5 Å². The van der Waals surface area contributed by atoms with Gasteiger partial charge in [-0.15, -0.1) is 0 Å². The van der Waals surface area contributed by atoms with E-state index in [1.54, 1.807) is 5.30 Å². The Kier molecular flexibility index (Phi) is 2.02.